The van der Waals surface area contributed by atoms with Gasteiger partial charge in [0.05, 0.1) is 12.9 Å². The van der Waals surface area contributed by atoms with Crippen molar-refractivity contribution in [1.82, 2.24) is 19.5 Å². The van der Waals surface area contributed by atoms with Crippen molar-refractivity contribution in [2.24, 2.45) is 0 Å². The van der Waals surface area contributed by atoms with E-state index in [1.54, 1.807) is 20.5 Å². The van der Waals surface area contributed by atoms with Crippen LogP contribution < -0.4 is 5.73 Å². The van der Waals surface area contributed by atoms with Crippen molar-refractivity contribution < 1.29 is 18.9 Å². The van der Waals surface area contributed by atoms with Crippen molar-refractivity contribution in [2.45, 2.75) is 36.9 Å². The summed E-state index contributed by atoms with van der Waals surface area (Å²) < 4.78 is 25.4. The molecule has 0 bridgehead atoms. The molecule has 9 heteroatoms. The summed E-state index contributed by atoms with van der Waals surface area (Å²) in [5.41, 5.74) is 6.51. The largest absolute Gasteiger partial charge is 0.382 e. The van der Waals surface area contributed by atoms with Gasteiger partial charge >= 0.3 is 0 Å². The van der Waals surface area contributed by atoms with Crippen molar-refractivity contribution >= 4 is 17.0 Å². The van der Waals surface area contributed by atoms with Crippen LogP contribution in [0.3, 0.4) is 0 Å². The molecule has 130 valence electrons. The molecule has 2 aromatic rings. The van der Waals surface area contributed by atoms with Gasteiger partial charge in [0.1, 0.15) is 29.7 Å². The predicted molar refractivity (Wildman–Crippen MR) is 84.2 cm³/mol. The predicted octanol–water partition coefficient (Wildman–Crippen LogP) is 0.517. The highest BCUT2D eigenvalue weighted by Crippen LogP contribution is 2.46. The van der Waals surface area contributed by atoms with Gasteiger partial charge in [0.25, 0.3) is 0 Å². The SMILES string of the molecule is COC[C@]12CCCOC1[C@H](OC)[C@H](n1cnc3c(N)ncnc31)O2. The van der Waals surface area contributed by atoms with Crippen LogP contribution in [0.2, 0.25) is 0 Å². The van der Waals surface area contributed by atoms with Crippen LogP contribution in [0.25, 0.3) is 11.2 Å². The molecule has 2 aromatic heterocycles. The Morgan fingerprint density at radius 3 is 3.04 bits per heavy atom. The van der Waals surface area contributed by atoms with E-state index in [4.69, 9.17) is 24.7 Å². The van der Waals surface area contributed by atoms with Crippen molar-refractivity contribution in [3.8, 4) is 0 Å². The second-order valence-electron chi connectivity index (χ2n) is 6.18. The quantitative estimate of drug-likeness (QED) is 0.861. The van der Waals surface area contributed by atoms with Gasteiger partial charge in [-0.1, -0.05) is 0 Å². The molecule has 9 nitrogen and oxygen atoms in total. The minimum atomic E-state index is -0.534. The number of hydrogen-bond acceptors (Lipinski definition) is 8. The standard InChI is InChI=1S/C15H21N5O4/c1-21-6-15-4-3-5-23-11(15)10(22-2)14(24-15)20-8-19-9-12(16)17-7-18-13(9)20/h7-8,10-11,14H,3-6H2,1-2H3,(H2,16,17,18)/t10-,11?,14+,15+/m0/s1. The van der Waals surface area contributed by atoms with E-state index < -0.39 is 11.8 Å². The molecule has 0 aliphatic carbocycles. The molecular weight excluding hydrogens is 314 g/mol. The number of hydrogen-bond donors (Lipinski definition) is 1. The second kappa shape index (κ2) is 5.92. The number of imidazole rings is 1. The first kappa shape index (κ1) is 15.7. The maximum Gasteiger partial charge on any atom is 0.167 e. The Balaban J connectivity index is 1.78. The zero-order valence-electron chi connectivity index (χ0n) is 13.7. The topological polar surface area (TPSA) is 107 Å². The maximum absolute atomic E-state index is 6.44. The second-order valence-corrected chi connectivity index (χ2v) is 6.18. The van der Waals surface area contributed by atoms with Crippen LogP contribution in [-0.4, -0.2) is 64.8 Å². The Bertz CT molecular complexity index is 734. The van der Waals surface area contributed by atoms with Crippen LogP contribution in [-0.2, 0) is 18.9 Å². The Kier molecular flexibility index (Phi) is 3.87. The van der Waals surface area contributed by atoms with E-state index in [9.17, 15) is 0 Å². The van der Waals surface area contributed by atoms with E-state index in [2.05, 4.69) is 15.0 Å². The molecule has 4 atom stereocenters. The molecule has 2 saturated heterocycles. The average Bonchev–Trinajstić information content (AvgIpc) is 3.14. The zero-order valence-corrected chi connectivity index (χ0v) is 13.7. The fourth-order valence-electron chi connectivity index (χ4n) is 3.80. The number of nitrogens with zero attached hydrogens (tertiary/aromatic N) is 4. The van der Waals surface area contributed by atoms with E-state index in [0.717, 1.165) is 12.8 Å². The molecule has 0 radical (unpaired) electrons. The van der Waals surface area contributed by atoms with Gasteiger partial charge in [-0.25, -0.2) is 15.0 Å². The first-order valence-electron chi connectivity index (χ1n) is 7.94. The Labute approximate surface area is 139 Å². The lowest BCUT2D eigenvalue weighted by molar-refractivity contribution is -0.171. The highest BCUT2D eigenvalue weighted by Gasteiger charge is 2.58. The monoisotopic (exact) mass is 335 g/mol. The third kappa shape index (κ3) is 2.20. The molecule has 0 saturated carbocycles. The molecule has 2 fully saturated rings. The Morgan fingerprint density at radius 1 is 1.38 bits per heavy atom. The fraction of sp³-hybridized carbons (Fsp3) is 0.667. The fourth-order valence-corrected chi connectivity index (χ4v) is 3.80. The molecule has 4 rings (SSSR count). The van der Waals surface area contributed by atoms with Gasteiger partial charge in [-0.05, 0) is 12.8 Å². The van der Waals surface area contributed by atoms with Crippen LogP contribution in [0.5, 0.6) is 0 Å². The minimum Gasteiger partial charge on any atom is -0.382 e. The number of ether oxygens (including phenoxy) is 4. The third-order valence-electron chi connectivity index (χ3n) is 4.82. The minimum absolute atomic E-state index is 0.210. The van der Waals surface area contributed by atoms with Crippen molar-refractivity contribution in [2.75, 3.05) is 33.2 Å². The molecule has 0 amide bonds. The lowest BCUT2D eigenvalue weighted by Crippen LogP contribution is -2.51. The molecule has 1 unspecified atom stereocenters. The maximum atomic E-state index is 6.44. The first-order valence-corrected chi connectivity index (χ1v) is 7.94. The molecule has 2 N–H and O–H groups in total. The Hall–Kier alpha value is -1.81. The average molecular weight is 335 g/mol. The van der Waals surface area contributed by atoms with Gasteiger partial charge in [0.15, 0.2) is 17.7 Å². The number of aromatic nitrogens is 4. The van der Waals surface area contributed by atoms with Crippen LogP contribution in [0.1, 0.15) is 19.1 Å². The highest BCUT2D eigenvalue weighted by molar-refractivity contribution is 5.81. The molecule has 0 spiro atoms. The van der Waals surface area contributed by atoms with Gasteiger partial charge in [-0.15, -0.1) is 0 Å². The number of fused-ring (bicyclic) bond motifs is 2. The number of nitrogens with two attached hydrogens (primary N) is 1. The van der Waals surface area contributed by atoms with Crippen LogP contribution in [0.15, 0.2) is 12.7 Å². The van der Waals surface area contributed by atoms with E-state index in [-0.39, 0.29) is 12.2 Å². The van der Waals surface area contributed by atoms with E-state index in [0.29, 0.717) is 30.2 Å². The van der Waals surface area contributed by atoms with E-state index >= 15 is 0 Å². The van der Waals surface area contributed by atoms with Crippen molar-refractivity contribution in [1.29, 1.82) is 0 Å². The van der Waals surface area contributed by atoms with Gasteiger partial charge in [0.2, 0.25) is 0 Å². The van der Waals surface area contributed by atoms with Crippen molar-refractivity contribution in [3.63, 3.8) is 0 Å². The summed E-state index contributed by atoms with van der Waals surface area (Å²) >= 11 is 0. The summed E-state index contributed by atoms with van der Waals surface area (Å²) in [4.78, 5) is 12.6. The number of anilines is 1. The summed E-state index contributed by atoms with van der Waals surface area (Å²) in [6.45, 7) is 1.13. The molecule has 2 aliphatic heterocycles. The van der Waals surface area contributed by atoms with Crippen LogP contribution >= 0.6 is 0 Å². The molecular formula is C15H21N5O4. The lowest BCUT2D eigenvalue weighted by Gasteiger charge is -2.37. The summed E-state index contributed by atoms with van der Waals surface area (Å²) in [5.74, 6) is 0.339. The van der Waals surface area contributed by atoms with Gasteiger partial charge in [0, 0.05) is 20.8 Å². The lowest BCUT2D eigenvalue weighted by atomic mass is 9.88. The number of nitrogen functional groups attached to an aromatic ring is 1. The third-order valence-corrected chi connectivity index (χ3v) is 4.82. The molecule has 2 aliphatic rings. The summed E-state index contributed by atoms with van der Waals surface area (Å²) in [5, 5.41) is 0. The van der Waals surface area contributed by atoms with E-state index in [1.807, 2.05) is 4.57 Å². The normalized spacial score (nSPS) is 33.0. The van der Waals surface area contributed by atoms with Gasteiger partial charge in [-0.3, -0.25) is 4.57 Å². The van der Waals surface area contributed by atoms with Crippen LogP contribution in [0.4, 0.5) is 5.82 Å². The van der Waals surface area contributed by atoms with E-state index in [1.165, 1.54) is 6.33 Å². The van der Waals surface area contributed by atoms with Crippen LogP contribution in [0, 0.1) is 0 Å². The highest BCUT2D eigenvalue weighted by atomic mass is 16.6. The molecule has 0 aromatic carbocycles. The zero-order chi connectivity index (χ0) is 16.7. The summed E-state index contributed by atoms with van der Waals surface area (Å²) in [6, 6.07) is 0. The van der Waals surface area contributed by atoms with Gasteiger partial charge < -0.3 is 24.7 Å². The van der Waals surface area contributed by atoms with Crippen molar-refractivity contribution in [3.05, 3.63) is 12.7 Å². The smallest absolute Gasteiger partial charge is 0.167 e. The summed E-state index contributed by atoms with van der Waals surface area (Å²) in [6.07, 6.45) is 3.92. The van der Waals surface area contributed by atoms with Gasteiger partial charge in [-0.2, -0.15) is 0 Å². The molecule has 24 heavy (non-hydrogen) atoms. The Morgan fingerprint density at radius 2 is 2.25 bits per heavy atom. The number of rotatable bonds is 4. The summed E-state index contributed by atoms with van der Waals surface area (Å²) in [7, 11) is 3.32. The molecule has 4 heterocycles. The number of methoxy groups -OCH3 is 2. The first-order chi connectivity index (χ1) is 11.7.